The monoisotopic (exact) mass is 272 g/mol. The van der Waals surface area contributed by atoms with Crippen molar-refractivity contribution >= 4 is 11.6 Å². The van der Waals surface area contributed by atoms with Crippen molar-refractivity contribution in [3.8, 4) is 0 Å². The first-order valence-corrected chi connectivity index (χ1v) is 6.54. The fourth-order valence-corrected chi connectivity index (χ4v) is 1.90. The van der Waals surface area contributed by atoms with Crippen molar-refractivity contribution in [2.75, 3.05) is 5.32 Å². The third-order valence-corrected chi connectivity index (χ3v) is 3.00. The molecule has 5 nitrogen and oxygen atoms in total. The average Bonchev–Trinajstić information content (AvgIpc) is 2.85. The predicted octanol–water partition coefficient (Wildman–Crippen LogP) is 2.28. The van der Waals surface area contributed by atoms with Gasteiger partial charge in [0, 0.05) is 6.20 Å². The SMILES string of the molecule is CC(C)(C)n1cc(N[C@@H](C(N)=O)c2ccccc2)cn1. The van der Waals surface area contributed by atoms with Gasteiger partial charge < -0.3 is 11.1 Å². The maximum atomic E-state index is 11.6. The van der Waals surface area contributed by atoms with Gasteiger partial charge in [-0.2, -0.15) is 5.10 Å². The molecule has 20 heavy (non-hydrogen) atoms. The molecule has 0 spiro atoms. The Morgan fingerprint density at radius 2 is 1.95 bits per heavy atom. The van der Waals surface area contributed by atoms with Gasteiger partial charge in [0.1, 0.15) is 6.04 Å². The van der Waals surface area contributed by atoms with Crippen molar-refractivity contribution in [3.05, 3.63) is 48.3 Å². The first-order valence-electron chi connectivity index (χ1n) is 6.54. The average molecular weight is 272 g/mol. The Balaban J connectivity index is 2.22. The van der Waals surface area contributed by atoms with Gasteiger partial charge in [0.15, 0.2) is 0 Å². The topological polar surface area (TPSA) is 72.9 Å². The van der Waals surface area contributed by atoms with Gasteiger partial charge in [-0.25, -0.2) is 0 Å². The quantitative estimate of drug-likeness (QED) is 0.896. The van der Waals surface area contributed by atoms with E-state index in [1.54, 1.807) is 6.20 Å². The van der Waals surface area contributed by atoms with Crippen LogP contribution in [0.5, 0.6) is 0 Å². The van der Waals surface area contributed by atoms with E-state index in [-0.39, 0.29) is 5.54 Å². The predicted molar refractivity (Wildman–Crippen MR) is 79.2 cm³/mol. The number of hydrogen-bond donors (Lipinski definition) is 2. The standard InChI is InChI=1S/C15H20N4O/c1-15(2,3)19-10-12(9-17-19)18-13(14(16)20)11-7-5-4-6-8-11/h4-10,13,18H,1-3H3,(H2,16,20)/t13-/m1/s1. The second kappa shape index (κ2) is 5.36. The summed E-state index contributed by atoms with van der Waals surface area (Å²) in [7, 11) is 0. The Kier molecular flexibility index (Phi) is 3.79. The molecule has 1 amide bonds. The molecule has 0 aliphatic carbocycles. The van der Waals surface area contributed by atoms with Crippen molar-refractivity contribution < 1.29 is 4.79 Å². The van der Waals surface area contributed by atoms with Crippen LogP contribution in [0.4, 0.5) is 5.69 Å². The lowest BCUT2D eigenvalue weighted by molar-refractivity contribution is -0.118. The number of primary amides is 1. The molecule has 0 aliphatic rings. The molecule has 0 fully saturated rings. The highest BCUT2D eigenvalue weighted by Crippen LogP contribution is 2.21. The van der Waals surface area contributed by atoms with Gasteiger partial charge in [0.05, 0.1) is 17.4 Å². The Bertz CT molecular complexity index is 583. The smallest absolute Gasteiger partial charge is 0.244 e. The molecular weight excluding hydrogens is 252 g/mol. The number of nitrogens with one attached hydrogen (secondary N) is 1. The fraction of sp³-hybridized carbons (Fsp3) is 0.333. The molecule has 1 aromatic heterocycles. The first-order chi connectivity index (χ1) is 9.38. The van der Waals surface area contributed by atoms with E-state index in [1.807, 2.05) is 41.2 Å². The van der Waals surface area contributed by atoms with E-state index in [4.69, 9.17) is 5.73 Å². The second-order valence-electron chi connectivity index (χ2n) is 5.73. The minimum Gasteiger partial charge on any atom is -0.368 e. The number of nitrogens with two attached hydrogens (primary N) is 1. The van der Waals surface area contributed by atoms with Gasteiger partial charge in [-0.05, 0) is 26.3 Å². The Morgan fingerprint density at radius 3 is 2.45 bits per heavy atom. The van der Waals surface area contributed by atoms with Crippen molar-refractivity contribution in [2.45, 2.75) is 32.4 Å². The van der Waals surface area contributed by atoms with Gasteiger partial charge in [-0.3, -0.25) is 9.48 Å². The summed E-state index contributed by atoms with van der Waals surface area (Å²) in [6.07, 6.45) is 3.57. The molecule has 0 bridgehead atoms. The zero-order valence-electron chi connectivity index (χ0n) is 12.0. The van der Waals surface area contributed by atoms with Crippen LogP contribution in [0.3, 0.4) is 0 Å². The molecule has 1 atom stereocenters. The van der Waals surface area contributed by atoms with Crippen molar-refractivity contribution in [1.29, 1.82) is 0 Å². The minimum atomic E-state index is -0.561. The number of hydrogen-bond acceptors (Lipinski definition) is 3. The molecule has 2 aromatic rings. The van der Waals surface area contributed by atoms with E-state index in [9.17, 15) is 4.79 Å². The fourth-order valence-electron chi connectivity index (χ4n) is 1.90. The van der Waals surface area contributed by atoms with Gasteiger partial charge in [0.25, 0.3) is 0 Å². The van der Waals surface area contributed by atoms with E-state index in [1.165, 1.54) is 0 Å². The van der Waals surface area contributed by atoms with Crippen LogP contribution in [0.25, 0.3) is 0 Å². The van der Waals surface area contributed by atoms with Gasteiger partial charge >= 0.3 is 0 Å². The largest absolute Gasteiger partial charge is 0.368 e. The zero-order chi connectivity index (χ0) is 14.8. The van der Waals surface area contributed by atoms with Crippen LogP contribution in [-0.2, 0) is 10.3 Å². The second-order valence-corrected chi connectivity index (χ2v) is 5.73. The van der Waals surface area contributed by atoms with E-state index in [0.29, 0.717) is 0 Å². The highest BCUT2D eigenvalue weighted by atomic mass is 16.1. The van der Waals surface area contributed by atoms with Gasteiger partial charge in [-0.1, -0.05) is 30.3 Å². The summed E-state index contributed by atoms with van der Waals surface area (Å²) in [5.74, 6) is -0.417. The van der Waals surface area contributed by atoms with Crippen molar-refractivity contribution in [3.63, 3.8) is 0 Å². The number of benzene rings is 1. The number of carbonyl (C=O) groups is 1. The van der Waals surface area contributed by atoms with Gasteiger partial charge in [0.2, 0.25) is 5.91 Å². The zero-order valence-corrected chi connectivity index (χ0v) is 12.0. The normalized spacial score (nSPS) is 12.9. The number of amides is 1. The third-order valence-electron chi connectivity index (χ3n) is 3.00. The highest BCUT2D eigenvalue weighted by molar-refractivity contribution is 5.84. The van der Waals surface area contributed by atoms with E-state index < -0.39 is 11.9 Å². The molecule has 3 N–H and O–H groups in total. The minimum absolute atomic E-state index is 0.102. The van der Waals surface area contributed by atoms with Crippen LogP contribution in [0, 0.1) is 0 Å². The van der Waals surface area contributed by atoms with Crippen LogP contribution in [-0.4, -0.2) is 15.7 Å². The molecule has 0 unspecified atom stereocenters. The van der Waals surface area contributed by atoms with E-state index in [0.717, 1.165) is 11.3 Å². The summed E-state index contributed by atoms with van der Waals surface area (Å²) in [6.45, 7) is 6.19. The number of nitrogens with zero attached hydrogens (tertiary/aromatic N) is 2. The van der Waals surface area contributed by atoms with Crippen molar-refractivity contribution in [2.24, 2.45) is 5.73 Å². The third kappa shape index (κ3) is 3.17. The van der Waals surface area contributed by atoms with Crippen LogP contribution in [0.1, 0.15) is 32.4 Å². The number of rotatable bonds is 4. The Hall–Kier alpha value is -2.30. The molecule has 0 radical (unpaired) electrons. The summed E-state index contributed by atoms with van der Waals surface area (Å²) in [6, 6.07) is 8.84. The lowest BCUT2D eigenvalue weighted by atomic mass is 10.1. The molecule has 0 saturated carbocycles. The van der Waals surface area contributed by atoms with E-state index >= 15 is 0 Å². The van der Waals surface area contributed by atoms with Crippen molar-refractivity contribution in [1.82, 2.24) is 9.78 Å². The van der Waals surface area contributed by atoms with Crippen LogP contribution in [0.15, 0.2) is 42.7 Å². The van der Waals surface area contributed by atoms with Gasteiger partial charge in [-0.15, -0.1) is 0 Å². The number of anilines is 1. The van der Waals surface area contributed by atoms with Crippen LogP contribution in [0.2, 0.25) is 0 Å². The molecule has 1 aromatic carbocycles. The summed E-state index contributed by atoms with van der Waals surface area (Å²) >= 11 is 0. The first kappa shape index (κ1) is 14.1. The molecule has 106 valence electrons. The highest BCUT2D eigenvalue weighted by Gasteiger charge is 2.19. The Labute approximate surface area is 118 Å². The number of aromatic nitrogens is 2. The lowest BCUT2D eigenvalue weighted by Gasteiger charge is -2.19. The number of carbonyl (C=O) groups excluding carboxylic acids is 1. The molecular formula is C15H20N4O. The molecule has 1 heterocycles. The maximum Gasteiger partial charge on any atom is 0.244 e. The molecule has 0 saturated heterocycles. The lowest BCUT2D eigenvalue weighted by Crippen LogP contribution is -2.27. The summed E-state index contributed by atoms with van der Waals surface area (Å²) in [4.78, 5) is 11.6. The maximum absolute atomic E-state index is 11.6. The molecule has 0 aliphatic heterocycles. The van der Waals surface area contributed by atoms with Crippen LogP contribution < -0.4 is 11.1 Å². The Morgan fingerprint density at radius 1 is 1.30 bits per heavy atom. The van der Waals surface area contributed by atoms with Crippen LogP contribution >= 0.6 is 0 Å². The summed E-state index contributed by atoms with van der Waals surface area (Å²) in [5, 5.41) is 7.42. The summed E-state index contributed by atoms with van der Waals surface area (Å²) in [5.41, 5.74) is 6.99. The summed E-state index contributed by atoms with van der Waals surface area (Å²) < 4.78 is 1.85. The molecule has 5 heteroatoms. The van der Waals surface area contributed by atoms with E-state index in [2.05, 4.69) is 31.2 Å². The molecule has 2 rings (SSSR count).